The van der Waals surface area contributed by atoms with Gasteiger partial charge in [-0.25, -0.2) is 0 Å². The molecule has 0 spiro atoms. The molecule has 0 aliphatic rings. The molecule has 1 aromatic carbocycles. The van der Waals surface area contributed by atoms with E-state index in [0.717, 1.165) is 17.7 Å². The van der Waals surface area contributed by atoms with Crippen LogP contribution >= 0.6 is 24.0 Å². The van der Waals surface area contributed by atoms with Crippen LogP contribution in [0.15, 0.2) is 29.3 Å². The molecule has 0 fully saturated rings. The number of nitrogens with one attached hydrogen (secondary N) is 2. The van der Waals surface area contributed by atoms with Crippen LogP contribution in [0, 0.1) is 0 Å². The number of amides is 1. The summed E-state index contributed by atoms with van der Waals surface area (Å²) in [5.74, 6) is 1.47. The number of guanidine groups is 1. The second-order valence-electron chi connectivity index (χ2n) is 4.92. The van der Waals surface area contributed by atoms with Crippen LogP contribution in [0.1, 0.15) is 18.9 Å². The van der Waals surface area contributed by atoms with Crippen molar-refractivity contribution in [3.63, 3.8) is 0 Å². The van der Waals surface area contributed by atoms with Crippen molar-refractivity contribution in [1.29, 1.82) is 0 Å². The van der Waals surface area contributed by atoms with Gasteiger partial charge in [-0.3, -0.25) is 9.79 Å². The van der Waals surface area contributed by atoms with E-state index in [1.807, 2.05) is 43.1 Å². The number of ether oxygens (including phenoxy) is 1. The Kier molecular flexibility index (Phi) is 11.2. The van der Waals surface area contributed by atoms with Gasteiger partial charge < -0.3 is 20.3 Å². The van der Waals surface area contributed by atoms with Crippen molar-refractivity contribution in [3.05, 3.63) is 29.8 Å². The lowest BCUT2D eigenvalue weighted by molar-refractivity contribution is -0.120. The molecule has 0 heterocycles. The first kappa shape index (κ1) is 21.5. The minimum atomic E-state index is -0.0336. The Morgan fingerprint density at radius 1 is 1.30 bits per heavy atom. The van der Waals surface area contributed by atoms with Crippen LogP contribution in [0.25, 0.3) is 0 Å². The standard InChI is InChI=1S/C16H26N4O2.HI/c1-5-10-18-15(21)11-19-16(17-2)20(3)12-13-8-6-7-9-14(13)22-4;/h6-9H,5,10-12H2,1-4H3,(H,17,19)(H,18,21);1H. The number of carbonyl (C=O) groups excluding carboxylic acids is 1. The molecule has 0 atom stereocenters. The predicted molar refractivity (Wildman–Crippen MR) is 105 cm³/mol. The summed E-state index contributed by atoms with van der Waals surface area (Å²) < 4.78 is 5.35. The Morgan fingerprint density at radius 3 is 2.61 bits per heavy atom. The highest BCUT2D eigenvalue weighted by Crippen LogP contribution is 2.18. The molecule has 0 saturated heterocycles. The lowest BCUT2D eigenvalue weighted by Crippen LogP contribution is -2.43. The fourth-order valence-electron chi connectivity index (χ4n) is 2.03. The smallest absolute Gasteiger partial charge is 0.239 e. The zero-order chi connectivity index (χ0) is 16.4. The summed E-state index contributed by atoms with van der Waals surface area (Å²) in [6.07, 6.45) is 0.925. The van der Waals surface area contributed by atoms with Gasteiger partial charge in [0.15, 0.2) is 5.96 Å². The number of nitrogens with zero attached hydrogens (tertiary/aromatic N) is 2. The highest BCUT2D eigenvalue weighted by atomic mass is 127. The van der Waals surface area contributed by atoms with Crippen molar-refractivity contribution in [3.8, 4) is 5.75 Å². The van der Waals surface area contributed by atoms with Crippen LogP contribution < -0.4 is 15.4 Å². The number of para-hydroxylation sites is 1. The summed E-state index contributed by atoms with van der Waals surface area (Å²) in [5, 5.41) is 5.88. The van der Waals surface area contributed by atoms with Crippen LogP contribution in [0.2, 0.25) is 0 Å². The summed E-state index contributed by atoms with van der Waals surface area (Å²) in [4.78, 5) is 17.8. The monoisotopic (exact) mass is 434 g/mol. The molecule has 6 nitrogen and oxygen atoms in total. The molecule has 0 bridgehead atoms. The summed E-state index contributed by atoms with van der Waals surface area (Å²) in [6.45, 7) is 3.56. The largest absolute Gasteiger partial charge is 0.496 e. The van der Waals surface area contributed by atoms with Gasteiger partial charge in [-0.05, 0) is 12.5 Å². The maximum Gasteiger partial charge on any atom is 0.239 e. The number of benzene rings is 1. The van der Waals surface area contributed by atoms with Crippen molar-refractivity contribution in [2.24, 2.45) is 4.99 Å². The molecule has 0 radical (unpaired) electrons. The van der Waals surface area contributed by atoms with Gasteiger partial charge in [-0.2, -0.15) is 0 Å². The minimum Gasteiger partial charge on any atom is -0.496 e. The average molecular weight is 434 g/mol. The van der Waals surface area contributed by atoms with Gasteiger partial charge in [0.25, 0.3) is 0 Å². The van der Waals surface area contributed by atoms with E-state index in [0.29, 0.717) is 19.0 Å². The van der Waals surface area contributed by atoms with E-state index in [1.54, 1.807) is 14.2 Å². The van der Waals surface area contributed by atoms with E-state index >= 15 is 0 Å². The molecular weight excluding hydrogens is 407 g/mol. The van der Waals surface area contributed by atoms with E-state index in [9.17, 15) is 4.79 Å². The third-order valence-electron chi connectivity index (χ3n) is 3.15. The minimum absolute atomic E-state index is 0. The molecule has 0 aromatic heterocycles. The molecule has 0 aliphatic heterocycles. The van der Waals surface area contributed by atoms with Gasteiger partial charge in [-0.15, -0.1) is 24.0 Å². The second-order valence-corrected chi connectivity index (χ2v) is 4.92. The summed E-state index contributed by atoms with van der Waals surface area (Å²) in [7, 11) is 5.28. The number of methoxy groups -OCH3 is 1. The van der Waals surface area contributed by atoms with Crippen LogP contribution in [-0.2, 0) is 11.3 Å². The molecule has 1 rings (SSSR count). The number of hydrogen-bond donors (Lipinski definition) is 2. The van der Waals surface area contributed by atoms with Gasteiger partial charge in [0.05, 0.1) is 13.7 Å². The lowest BCUT2D eigenvalue weighted by Gasteiger charge is -2.23. The fraction of sp³-hybridized carbons (Fsp3) is 0.500. The zero-order valence-electron chi connectivity index (χ0n) is 14.3. The van der Waals surface area contributed by atoms with Crippen LogP contribution in [0.4, 0.5) is 0 Å². The van der Waals surface area contributed by atoms with E-state index in [1.165, 1.54) is 0 Å². The first-order valence-electron chi connectivity index (χ1n) is 7.42. The third kappa shape index (κ3) is 7.54. The first-order valence-corrected chi connectivity index (χ1v) is 7.42. The highest BCUT2D eigenvalue weighted by molar-refractivity contribution is 14.0. The van der Waals surface area contributed by atoms with Crippen molar-refractivity contribution in [2.45, 2.75) is 19.9 Å². The molecule has 1 amide bonds. The average Bonchev–Trinajstić information content (AvgIpc) is 2.54. The number of hydrogen-bond acceptors (Lipinski definition) is 3. The Balaban J connectivity index is 0.00000484. The number of halogens is 1. The van der Waals surface area contributed by atoms with Gasteiger partial charge in [0, 0.05) is 32.7 Å². The Labute approximate surface area is 155 Å². The predicted octanol–water partition coefficient (Wildman–Crippen LogP) is 1.85. The molecule has 23 heavy (non-hydrogen) atoms. The number of carbonyl (C=O) groups is 1. The van der Waals surface area contributed by atoms with Gasteiger partial charge in [0.1, 0.15) is 5.75 Å². The molecule has 7 heteroatoms. The molecule has 0 unspecified atom stereocenters. The topological polar surface area (TPSA) is 66.0 Å². The quantitative estimate of drug-likeness (QED) is 0.391. The first-order chi connectivity index (χ1) is 10.6. The van der Waals surface area contributed by atoms with Gasteiger partial charge in [0.2, 0.25) is 5.91 Å². The maximum absolute atomic E-state index is 11.6. The van der Waals surface area contributed by atoms with E-state index in [-0.39, 0.29) is 36.4 Å². The number of rotatable bonds is 7. The van der Waals surface area contributed by atoms with E-state index < -0.39 is 0 Å². The molecular formula is C16H27IN4O2. The highest BCUT2D eigenvalue weighted by Gasteiger charge is 2.10. The molecule has 130 valence electrons. The number of aliphatic imine (C=N–C) groups is 1. The van der Waals surface area contributed by atoms with Crippen molar-refractivity contribution in [1.82, 2.24) is 15.5 Å². The van der Waals surface area contributed by atoms with Crippen molar-refractivity contribution >= 4 is 35.8 Å². The Hall–Kier alpha value is -1.51. The SMILES string of the molecule is CCCNC(=O)CNC(=NC)N(C)Cc1ccccc1OC.I. The molecule has 2 N–H and O–H groups in total. The Bertz CT molecular complexity index is 509. The maximum atomic E-state index is 11.6. The fourth-order valence-corrected chi connectivity index (χ4v) is 2.03. The van der Waals surface area contributed by atoms with Gasteiger partial charge in [-0.1, -0.05) is 25.1 Å². The molecule has 1 aromatic rings. The van der Waals surface area contributed by atoms with Crippen LogP contribution in [0.5, 0.6) is 5.75 Å². The molecule has 0 aliphatic carbocycles. The lowest BCUT2D eigenvalue weighted by atomic mass is 10.2. The zero-order valence-corrected chi connectivity index (χ0v) is 16.6. The molecule has 0 saturated carbocycles. The van der Waals surface area contributed by atoms with Crippen LogP contribution in [0.3, 0.4) is 0 Å². The van der Waals surface area contributed by atoms with Crippen molar-refractivity contribution in [2.75, 3.05) is 34.3 Å². The van der Waals surface area contributed by atoms with Crippen LogP contribution in [-0.4, -0.2) is 51.1 Å². The van der Waals surface area contributed by atoms with E-state index in [4.69, 9.17) is 4.74 Å². The van der Waals surface area contributed by atoms with Gasteiger partial charge >= 0.3 is 0 Å². The normalized spacial score (nSPS) is 10.5. The third-order valence-corrected chi connectivity index (χ3v) is 3.15. The Morgan fingerprint density at radius 2 is 2.00 bits per heavy atom. The summed E-state index contributed by atoms with van der Waals surface area (Å²) in [5.41, 5.74) is 1.06. The summed E-state index contributed by atoms with van der Waals surface area (Å²) in [6, 6.07) is 7.85. The van der Waals surface area contributed by atoms with E-state index in [2.05, 4.69) is 15.6 Å². The second kappa shape index (κ2) is 12.0. The summed E-state index contributed by atoms with van der Waals surface area (Å²) >= 11 is 0. The van der Waals surface area contributed by atoms with Crippen molar-refractivity contribution < 1.29 is 9.53 Å².